The number of pyridine rings is 1. The van der Waals surface area contributed by atoms with E-state index in [0.29, 0.717) is 6.20 Å². The van der Waals surface area contributed by atoms with Gasteiger partial charge in [0, 0.05) is 11.6 Å². The second-order valence-corrected chi connectivity index (χ2v) is 5.10. The minimum Gasteiger partial charge on any atom is -0.478 e. The molecule has 0 fully saturated rings. The SMILES string of the molecule is O=C(O)c1cnc2c(C(=O)O)c(C(=O)O)c(C(=O)O)c(C(=O)O)c2c1C(=O)O. The van der Waals surface area contributed by atoms with Crippen molar-refractivity contribution in [2.75, 3.05) is 0 Å². The Morgan fingerprint density at radius 1 is 0.536 bits per heavy atom. The van der Waals surface area contributed by atoms with E-state index in [4.69, 9.17) is 5.11 Å². The molecular formula is C15H7NO12. The van der Waals surface area contributed by atoms with Gasteiger partial charge < -0.3 is 30.6 Å². The predicted molar refractivity (Wildman–Crippen MR) is 83.5 cm³/mol. The van der Waals surface area contributed by atoms with Crippen molar-refractivity contribution >= 4 is 46.7 Å². The van der Waals surface area contributed by atoms with Gasteiger partial charge in [-0.3, -0.25) is 4.98 Å². The predicted octanol–water partition coefficient (Wildman–Crippen LogP) is 0.424. The molecule has 1 aromatic carbocycles. The van der Waals surface area contributed by atoms with Crippen molar-refractivity contribution in [3.8, 4) is 0 Å². The zero-order valence-corrected chi connectivity index (χ0v) is 13.2. The highest BCUT2D eigenvalue weighted by Crippen LogP contribution is 2.34. The van der Waals surface area contributed by atoms with Crippen LogP contribution in [-0.2, 0) is 0 Å². The van der Waals surface area contributed by atoms with E-state index in [1.54, 1.807) is 0 Å². The van der Waals surface area contributed by atoms with Crippen LogP contribution in [0, 0.1) is 0 Å². The number of carboxylic acid groups (broad SMARTS) is 6. The van der Waals surface area contributed by atoms with Gasteiger partial charge in [-0.05, 0) is 0 Å². The number of nitrogens with zero attached hydrogens (tertiary/aromatic N) is 1. The number of rotatable bonds is 6. The topological polar surface area (TPSA) is 237 Å². The fraction of sp³-hybridized carbons (Fsp3) is 0. The first-order valence-electron chi connectivity index (χ1n) is 6.84. The van der Waals surface area contributed by atoms with Gasteiger partial charge >= 0.3 is 35.8 Å². The largest absolute Gasteiger partial charge is 0.478 e. The zero-order chi connectivity index (χ0) is 21.5. The van der Waals surface area contributed by atoms with Crippen LogP contribution in [-0.4, -0.2) is 71.4 Å². The molecule has 0 saturated heterocycles. The minimum atomic E-state index is -2.18. The van der Waals surface area contributed by atoms with E-state index < -0.39 is 80.1 Å². The zero-order valence-electron chi connectivity index (χ0n) is 13.2. The van der Waals surface area contributed by atoms with Crippen molar-refractivity contribution in [2.45, 2.75) is 0 Å². The number of hydrogen-bond donors (Lipinski definition) is 6. The van der Waals surface area contributed by atoms with Gasteiger partial charge in [0.1, 0.15) is 5.56 Å². The Morgan fingerprint density at radius 2 is 0.929 bits per heavy atom. The van der Waals surface area contributed by atoms with Crippen molar-refractivity contribution < 1.29 is 59.4 Å². The molecule has 1 aromatic heterocycles. The molecule has 6 N–H and O–H groups in total. The molecule has 0 aliphatic heterocycles. The monoisotopic (exact) mass is 393 g/mol. The van der Waals surface area contributed by atoms with E-state index in [1.807, 2.05) is 0 Å². The maximum Gasteiger partial charge on any atom is 0.338 e. The molecule has 2 rings (SSSR count). The Hall–Kier alpha value is -4.55. The van der Waals surface area contributed by atoms with Gasteiger partial charge in [-0.15, -0.1) is 0 Å². The van der Waals surface area contributed by atoms with Crippen molar-refractivity contribution in [1.29, 1.82) is 0 Å². The van der Waals surface area contributed by atoms with E-state index in [2.05, 4.69) is 4.98 Å². The first-order chi connectivity index (χ1) is 12.9. The Kier molecular flexibility index (Phi) is 4.69. The lowest BCUT2D eigenvalue weighted by atomic mass is 9.88. The molecule has 13 heteroatoms. The smallest absolute Gasteiger partial charge is 0.338 e. The van der Waals surface area contributed by atoms with Crippen LogP contribution in [0.25, 0.3) is 10.9 Å². The number of benzene rings is 1. The van der Waals surface area contributed by atoms with Crippen molar-refractivity contribution in [3.05, 3.63) is 39.6 Å². The number of carboxylic acids is 6. The highest BCUT2D eigenvalue weighted by molar-refractivity contribution is 6.26. The standard InChI is InChI=1S/C15H7NO12/c17-10(18)2-1-16-9-4(3(2)11(19)20)5(12(21)22)6(13(23)24)7(14(25)26)8(9)15(27)28/h1H,(H,17,18)(H,19,20)(H,21,22)(H,23,24)(H,25,26)(H,27,28). The number of fused-ring (bicyclic) bond motifs is 1. The number of hydrogen-bond acceptors (Lipinski definition) is 7. The van der Waals surface area contributed by atoms with Crippen LogP contribution >= 0.6 is 0 Å². The second-order valence-electron chi connectivity index (χ2n) is 5.10. The van der Waals surface area contributed by atoms with Gasteiger partial charge in [-0.2, -0.15) is 0 Å². The molecule has 0 radical (unpaired) electrons. The van der Waals surface area contributed by atoms with Crippen molar-refractivity contribution in [2.24, 2.45) is 0 Å². The third-order valence-corrected chi connectivity index (χ3v) is 3.62. The number of aromatic nitrogens is 1. The summed E-state index contributed by atoms with van der Waals surface area (Å²) in [5.74, 6) is -12.4. The van der Waals surface area contributed by atoms with E-state index in [-0.39, 0.29) is 0 Å². The molecule has 0 amide bonds. The third-order valence-electron chi connectivity index (χ3n) is 3.62. The van der Waals surface area contributed by atoms with Gasteiger partial charge in [-0.25, -0.2) is 28.8 Å². The number of carbonyl (C=O) groups is 6. The van der Waals surface area contributed by atoms with Gasteiger partial charge in [0.15, 0.2) is 0 Å². The average Bonchev–Trinajstić information content (AvgIpc) is 2.56. The molecule has 0 spiro atoms. The Balaban J connectivity index is 3.47. The summed E-state index contributed by atoms with van der Waals surface area (Å²) in [6.07, 6.45) is 0.401. The fourth-order valence-corrected chi connectivity index (χ4v) is 2.67. The summed E-state index contributed by atoms with van der Waals surface area (Å²) in [6, 6.07) is 0. The third kappa shape index (κ3) is 2.82. The maximum atomic E-state index is 11.7. The van der Waals surface area contributed by atoms with Crippen molar-refractivity contribution in [3.63, 3.8) is 0 Å². The van der Waals surface area contributed by atoms with Gasteiger partial charge in [0.2, 0.25) is 0 Å². The summed E-state index contributed by atoms with van der Waals surface area (Å²) in [4.78, 5) is 72.6. The van der Waals surface area contributed by atoms with E-state index >= 15 is 0 Å². The van der Waals surface area contributed by atoms with Crippen LogP contribution in [0.1, 0.15) is 62.1 Å². The number of aromatic carboxylic acids is 6. The molecular weight excluding hydrogens is 386 g/mol. The molecule has 0 saturated carbocycles. The molecule has 13 nitrogen and oxygen atoms in total. The molecule has 0 unspecified atom stereocenters. The van der Waals surface area contributed by atoms with E-state index in [9.17, 15) is 54.3 Å². The van der Waals surface area contributed by atoms with Crippen molar-refractivity contribution in [1.82, 2.24) is 4.98 Å². The highest BCUT2D eigenvalue weighted by atomic mass is 16.4. The first-order valence-corrected chi connectivity index (χ1v) is 6.84. The summed E-state index contributed by atoms with van der Waals surface area (Å²) < 4.78 is 0. The van der Waals surface area contributed by atoms with Gasteiger partial charge in [0.05, 0.1) is 33.3 Å². The lowest BCUT2D eigenvalue weighted by molar-refractivity contribution is 0.0620. The normalized spacial score (nSPS) is 10.4. The Bertz CT molecular complexity index is 1120. The lowest BCUT2D eigenvalue weighted by Gasteiger charge is -2.16. The molecule has 1 heterocycles. The molecule has 28 heavy (non-hydrogen) atoms. The summed E-state index contributed by atoms with van der Waals surface area (Å²) in [7, 11) is 0. The van der Waals surface area contributed by atoms with Crippen LogP contribution in [0.5, 0.6) is 0 Å². The van der Waals surface area contributed by atoms with Gasteiger partial charge in [0.25, 0.3) is 0 Å². The minimum absolute atomic E-state index is 0.401. The maximum absolute atomic E-state index is 11.7. The van der Waals surface area contributed by atoms with Crippen LogP contribution in [0.15, 0.2) is 6.20 Å². The quantitative estimate of drug-likeness (QED) is 0.390. The first kappa shape index (κ1) is 19.8. The average molecular weight is 393 g/mol. The molecule has 144 valence electrons. The summed E-state index contributed by atoms with van der Waals surface area (Å²) >= 11 is 0. The Morgan fingerprint density at radius 3 is 1.29 bits per heavy atom. The van der Waals surface area contributed by atoms with Crippen LogP contribution in [0.4, 0.5) is 0 Å². The van der Waals surface area contributed by atoms with Crippen LogP contribution in [0.2, 0.25) is 0 Å². The second kappa shape index (κ2) is 6.64. The van der Waals surface area contributed by atoms with Crippen LogP contribution < -0.4 is 0 Å². The Labute approximate surface area is 151 Å². The lowest BCUT2D eigenvalue weighted by Crippen LogP contribution is -2.23. The molecule has 0 bridgehead atoms. The molecule has 2 aromatic rings. The van der Waals surface area contributed by atoms with Gasteiger partial charge in [-0.1, -0.05) is 0 Å². The molecule has 0 atom stereocenters. The highest BCUT2D eigenvalue weighted by Gasteiger charge is 2.37. The van der Waals surface area contributed by atoms with E-state index in [1.165, 1.54) is 0 Å². The molecule has 0 aliphatic carbocycles. The summed E-state index contributed by atoms with van der Waals surface area (Å²) in [5, 5.41) is 54.7. The summed E-state index contributed by atoms with van der Waals surface area (Å²) in [5.41, 5.74) is -9.01. The summed E-state index contributed by atoms with van der Waals surface area (Å²) in [6.45, 7) is 0. The van der Waals surface area contributed by atoms with Crippen LogP contribution in [0.3, 0.4) is 0 Å². The van der Waals surface area contributed by atoms with E-state index in [0.717, 1.165) is 0 Å². The fourth-order valence-electron chi connectivity index (χ4n) is 2.67. The molecule has 0 aliphatic rings.